The van der Waals surface area contributed by atoms with Crippen LogP contribution in [0.5, 0.6) is 11.5 Å². The number of benzene rings is 1. The van der Waals surface area contributed by atoms with Crippen molar-refractivity contribution in [2.45, 2.75) is 27.3 Å². The summed E-state index contributed by atoms with van der Waals surface area (Å²) in [6.07, 6.45) is 0. The van der Waals surface area contributed by atoms with E-state index in [9.17, 15) is 5.11 Å². The average molecular weight is 294 g/mol. The van der Waals surface area contributed by atoms with Gasteiger partial charge in [-0.2, -0.15) is 0 Å². The Kier molecular flexibility index (Phi) is 7.54. The minimum absolute atomic E-state index is 0.276. The Balaban J connectivity index is 2.79. The third-order valence-electron chi connectivity index (χ3n) is 3.26. The first-order valence-corrected chi connectivity index (χ1v) is 7.74. The summed E-state index contributed by atoms with van der Waals surface area (Å²) >= 11 is 0. The van der Waals surface area contributed by atoms with E-state index >= 15 is 0 Å². The zero-order valence-corrected chi connectivity index (χ0v) is 14.1. The summed E-state index contributed by atoms with van der Waals surface area (Å²) in [6.45, 7) is 10.7. The first kappa shape index (κ1) is 17.8. The van der Waals surface area contributed by atoms with E-state index in [0.717, 1.165) is 31.7 Å². The van der Waals surface area contributed by atoms with Gasteiger partial charge in [0.05, 0.1) is 6.61 Å². The maximum Gasteiger partial charge on any atom is 0.162 e. The van der Waals surface area contributed by atoms with Crippen molar-refractivity contribution in [2.24, 2.45) is 5.92 Å². The number of nitrogens with zero attached hydrogens (tertiary/aromatic N) is 2. The first-order chi connectivity index (χ1) is 9.93. The van der Waals surface area contributed by atoms with Crippen LogP contribution < -0.4 is 4.74 Å². The molecule has 0 atom stereocenters. The molecular formula is C17H30N2O2. The van der Waals surface area contributed by atoms with Crippen LogP contribution in [0.25, 0.3) is 0 Å². The predicted octanol–water partition coefficient (Wildman–Crippen LogP) is 2.81. The Morgan fingerprint density at radius 1 is 1.19 bits per heavy atom. The first-order valence-electron chi connectivity index (χ1n) is 7.74. The standard InChI is InChI=1S/C17H30N2O2/c1-6-21-16-9-7-8-15(17(16)20)13-19(12-14(2)3)11-10-18(4)5/h7-9,14,20H,6,10-13H2,1-5H3. The molecule has 0 heterocycles. The second-order valence-corrected chi connectivity index (χ2v) is 6.13. The van der Waals surface area contributed by atoms with Gasteiger partial charge in [0.25, 0.3) is 0 Å². The molecule has 0 aromatic heterocycles. The molecule has 0 aliphatic rings. The predicted molar refractivity (Wildman–Crippen MR) is 87.9 cm³/mol. The van der Waals surface area contributed by atoms with Crippen molar-refractivity contribution in [1.29, 1.82) is 0 Å². The molecule has 0 unspecified atom stereocenters. The molecule has 0 aliphatic carbocycles. The summed E-state index contributed by atoms with van der Waals surface area (Å²) in [5, 5.41) is 10.3. The minimum Gasteiger partial charge on any atom is -0.504 e. The van der Waals surface area contributed by atoms with Gasteiger partial charge in [-0.25, -0.2) is 0 Å². The van der Waals surface area contributed by atoms with Gasteiger partial charge in [0.15, 0.2) is 11.5 Å². The fourth-order valence-corrected chi connectivity index (χ4v) is 2.30. The second-order valence-electron chi connectivity index (χ2n) is 6.13. The molecule has 1 rings (SSSR count). The lowest BCUT2D eigenvalue weighted by Gasteiger charge is -2.26. The van der Waals surface area contributed by atoms with Gasteiger partial charge in [-0.15, -0.1) is 0 Å². The largest absolute Gasteiger partial charge is 0.504 e. The van der Waals surface area contributed by atoms with Crippen LogP contribution in [0.2, 0.25) is 0 Å². The Morgan fingerprint density at radius 2 is 1.90 bits per heavy atom. The molecule has 1 aromatic rings. The van der Waals surface area contributed by atoms with Crippen LogP contribution in [0.3, 0.4) is 0 Å². The number of phenolic OH excluding ortho intramolecular Hbond substituents is 1. The SMILES string of the molecule is CCOc1cccc(CN(CCN(C)C)CC(C)C)c1O. The van der Waals surface area contributed by atoms with Gasteiger partial charge in [0, 0.05) is 31.7 Å². The summed E-state index contributed by atoms with van der Waals surface area (Å²) in [5.41, 5.74) is 0.931. The lowest BCUT2D eigenvalue weighted by Crippen LogP contribution is -2.34. The number of para-hydroxylation sites is 1. The summed E-state index contributed by atoms with van der Waals surface area (Å²) in [7, 11) is 4.17. The molecule has 4 nitrogen and oxygen atoms in total. The molecular weight excluding hydrogens is 264 g/mol. The van der Waals surface area contributed by atoms with Gasteiger partial charge in [0.1, 0.15) is 0 Å². The van der Waals surface area contributed by atoms with Crippen molar-refractivity contribution in [2.75, 3.05) is 40.3 Å². The van der Waals surface area contributed by atoms with E-state index < -0.39 is 0 Å². The molecule has 120 valence electrons. The zero-order chi connectivity index (χ0) is 15.8. The lowest BCUT2D eigenvalue weighted by molar-refractivity contribution is 0.209. The maximum absolute atomic E-state index is 10.3. The molecule has 0 fully saturated rings. The molecule has 0 aliphatic heterocycles. The Bertz CT molecular complexity index is 419. The van der Waals surface area contributed by atoms with Crippen molar-refractivity contribution >= 4 is 0 Å². The Labute approximate surface area is 129 Å². The molecule has 0 saturated heterocycles. The topological polar surface area (TPSA) is 35.9 Å². The number of likely N-dealkylation sites (N-methyl/N-ethyl adjacent to an activating group) is 1. The lowest BCUT2D eigenvalue weighted by atomic mass is 10.1. The smallest absolute Gasteiger partial charge is 0.162 e. The van der Waals surface area contributed by atoms with Crippen LogP contribution >= 0.6 is 0 Å². The third-order valence-corrected chi connectivity index (χ3v) is 3.26. The van der Waals surface area contributed by atoms with E-state index in [1.807, 2.05) is 25.1 Å². The second kappa shape index (κ2) is 8.90. The van der Waals surface area contributed by atoms with Crippen molar-refractivity contribution in [3.8, 4) is 11.5 Å². The fourth-order valence-electron chi connectivity index (χ4n) is 2.30. The molecule has 0 saturated carbocycles. The van der Waals surface area contributed by atoms with Gasteiger partial charge in [0.2, 0.25) is 0 Å². The highest BCUT2D eigenvalue weighted by atomic mass is 16.5. The van der Waals surface area contributed by atoms with Crippen LogP contribution in [0, 0.1) is 5.92 Å². The fraction of sp³-hybridized carbons (Fsp3) is 0.647. The van der Waals surface area contributed by atoms with Crippen LogP contribution in [-0.4, -0.2) is 55.2 Å². The van der Waals surface area contributed by atoms with E-state index in [0.29, 0.717) is 18.3 Å². The molecule has 1 aromatic carbocycles. The number of rotatable bonds is 9. The summed E-state index contributed by atoms with van der Waals surface area (Å²) < 4.78 is 5.46. The summed E-state index contributed by atoms with van der Waals surface area (Å²) in [5.74, 6) is 1.45. The van der Waals surface area contributed by atoms with Gasteiger partial charge in [-0.05, 0) is 33.0 Å². The van der Waals surface area contributed by atoms with Crippen molar-refractivity contribution in [3.05, 3.63) is 23.8 Å². The van der Waals surface area contributed by atoms with Gasteiger partial charge >= 0.3 is 0 Å². The Morgan fingerprint density at radius 3 is 2.48 bits per heavy atom. The quantitative estimate of drug-likeness (QED) is 0.760. The maximum atomic E-state index is 10.3. The van der Waals surface area contributed by atoms with Crippen molar-refractivity contribution < 1.29 is 9.84 Å². The Hall–Kier alpha value is -1.26. The van der Waals surface area contributed by atoms with E-state index in [2.05, 4.69) is 37.7 Å². The summed E-state index contributed by atoms with van der Waals surface area (Å²) in [6, 6.07) is 5.73. The minimum atomic E-state index is 0.276. The molecule has 1 N–H and O–H groups in total. The van der Waals surface area contributed by atoms with E-state index in [1.165, 1.54) is 0 Å². The molecule has 0 bridgehead atoms. The molecule has 0 radical (unpaired) electrons. The number of ether oxygens (including phenoxy) is 1. The number of aromatic hydroxyl groups is 1. The average Bonchev–Trinajstić information content (AvgIpc) is 2.40. The monoisotopic (exact) mass is 294 g/mol. The highest BCUT2D eigenvalue weighted by molar-refractivity contribution is 5.45. The normalized spacial score (nSPS) is 11.6. The van der Waals surface area contributed by atoms with Crippen LogP contribution in [-0.2, 0) is 6.54 Å². The number of phenols is 1. The van der Waals surface area contributed by atoms with Crippen LogP contribution in [0.1, 0.15) is 26.3 Å². The number of hydrogen-bond acceptors (Lipinski definition) is 4. The van der Waals surface area contributed by atoms with E-state index in [1.54, 1.807) is 0 Å². The van der Waals surface area contributed by atoms with Crippen LogP contribution in [0.15, 0.2) is 18.2 Å². The molecule has 21 heavy (non-hydrogen) atoms. The molecule has 4 heteroatoms. The van der Waals surface area contributed by atoms with Crippen LogP contribution in [0.4, 0.5) is 0 Å². The molecule has 0 amide bonds. The van der Waals surface area contributed by atoms with E-state index in [-0.39, 0.29) is 5.75 Å². The van der Waals surface area contributed by atoms with E-state index in [4.69, 9.17) is 4.74 Å². The number of hydrogen-bond donors (Lipinski definition) is 1. The molecule has 0 spiro atoms. The van der Waals surface area contributed by atoms with Gasteiger partial charge in [-0.3, -0.25) is 4.90 Å². The van der Waals surface area contributed by atoms with Gasteiger partial charge < -0.3 is 14.7 Å². The summed E-state index contributed by atoms with van der Waals surface area (Å²) in [4.78, 5) is 4.57. The van der Waals surface area contributed by atoms with Crippen molar-refractivity contribution in [3.63, 3.8) is 0 Å². The highest BCUT2D eigenvalue weighted by Crippen LogP contribution is 2.30. The van der Waals surface area contributed by atoms with Crippen molar-refractivity contribution in [1.82, 2.24) is 9.80 Å². The third kappa shape index (κ3) is 6.36. The van der Waals surface area contributed by atoms with Gasteiger partial charge in [-0.1, -0.05) is 26.0 Å². The zero-order valence-electron chi connectivity index (χ0n) is 14.1. The highest BCUT2D eigenvalue weighted by Gasteiger charge is 2.13.